The molecule has 1 radical (unpaired) electrons. The smallest absolute Gasteiger partial charge is 0.0871 e. The molecule has 75 valence electrons. The largest absolute Gasteiger partial charge is 0.385 e. The van der Waals surface area contributed by atoms with E-state index in [-0.39, 0.29) is 0 Å². The van der Waals surface area contributed by atoms with Gasteiger partial charge in [0.1, 0.15) is 0 Å². The van der Waals surface area contributed by atoms with Gasteiger partial charge in [0.2, 0.25) is 0 Å². The van der Waals surface area contributed by atoms with Crippen molar-refractivity contribution in [2.45, 2.75) is 24.9 Å². The van der Waals surface area contributed by atoms with E-state index in [0.717, 1.165) is 18.4 Å². The van der Waals surface area contributed by atoms with E-state index in [4.69, 9.17) is 0 Å². The summed E-state index contributed by atoms with van der Waals surface area (Å²) in [5.41, 5.74) is 1.31. The van der Waals surface area contributed by atoms with Crippen LogP contribution < -0.4 is 0 Å². The van der Waals surface area contributed by atoms with E-state index in [1.165, 1.54) is 5.57 Å². The van der Waals surface area contributed by atoms with Gasteiger partial charge in [-0.25, -0.2) is 0 Å². The van der Waals surface area contributed by atoms with Crippen LogP contribution in [0.1, 0.15) is 19.3 Å². The lowest BCUT2D eigenvalue weighted by atomic mass is 9.85. The summed E-state index contributed by atoms with van der Waals surface area (Å²) >= 11 is 0. The van der Waals surface area contributed by atoms with E-state index in [0.29, 0.717) is 6.42 Å². The predicted molar refractivity (Wildman–Crippen MR) is 60.7 cm³/mol. The van der Waals surface area contributed by atoms with Gasteiger partial charge in [-0.15, -0.1) is 13.2 Å². The second-order valence-corrected chi connectivity index (χ2v) is 3.79. The molecule has 1 unspecified atom stereocenters. The molecule has 0 fully saturated rings. The Kier molecular flexibility index (Phi) is 3.48. The summed E-state index contributed by atoms with van der Waals surface area (Å²) in [6.07, 6.45) is 9.77. The van der Waals surface area contributed by atoms with Gasteiger partial charge in [0.25, 0.3) is 0 Å². The van der Waals surface area contributed by atoms with Crippen molar-refractivity contribution < 1.29 is 5.11 Å². The van der Waals surface area contributed by atoms with Crippen LogP contribution in [0.4, 0.5) is 0 Å². The second kappa shape index (κ2) is 4.43. The first-order chi connectivity index (χ1) is 6.57. The highest BCUT2D eigenvalue weighted by molar-refractivity contribution is 5.36. The van der Waals surface area contributed by atoms with E-state index in [9.17, 15) is 5.11 Å². The molecule has 1 nitrogen and oxygen atoms in total. The Morgan fingerprint density at radius 3 is 2.57 bits per heavy atom. The third-order valence-electron chi connectivity index (χ3n) is 2.16. The molecule has 0 aromatic heterocycles. The number of hydrogen-bond donors (Lipinski definition) is 1. The lowest BCUT2D eigenvalue weighted by molar-refractivity contribution is 0.137. The van der Waals surface area contributed by atoms with Gasteiger partial charge in [0.05, 0.1) is 5.60 Å². The molecule has 1 rings (SSSR count). The maximum absolute atomic E-state index is 9.87. The van der Waals surface area contributed by atoms with E-state index >= 15 is 0 Å². The Balaban J connectivity index is 2.85. The van der Waals surface area contributed by atoms with Crippen molar-refractivity contribution in [1.29, 1.82) is 0 Å². The zero-order valence-electron chi connectivity index (χ0n) is 8.50. The van der Waals surface area contributed by atoms with Gasteiger partial charge in [0.15, 0.2) is 0 Å². The van der Waals surface area contributed by atoms with Crippen LogP contribution >= 0.6 is 0 Å². The van der Waals surface area contributed by atoms with Gasteiger partial charge in [-0.05, 0) is 31.4 Å². The summed E-state index contributed by atoms with van der Waals surface area (Å²) in [6.45, 7) is 11.1. The van der Waals surface area contributed by atoms with E-state index < -0.39 is 5.60 Å². The van der Waals surface area contributed by atoms with Crippen molar-refractivity contribution in [3.63, 3.8) is 0 Å². The van der Waals surface area contributed by atoms with E-state index in [2.05, 4.69) is 26.2 Å². The quantitative estimate of drug-likeness (QED) is 0.674. The van der Waals surface area contributed by atoms with Gasteiger partial charge in [-0.2, -0.15) is 0 Å². The van der Waals surface area contributed by atoms with E-state index in [1.807, 2.05) is 12.2 Å². The summed E-state index contributed by atoms with van der Waals surface area (Å²) in [6, 6.07) is 0. The Labute approximate surface area is 86.1 Å². The molecule has 0 aromatic carbocycles. The van der Waals surface area contributed by atoms with Crippen LogP contribution in [0, 0.1) is 6.92 Å². The van der Waals surface area contributed by atoms with E-state index in [1.54, 1.807) is 6.08 Å². The van der Waals surface area contributed by atoms with Crippen molar-refractivity contribution in [1.82, 2.24) is 0 Å². The summed E-state index contributed by atoms with van der Waals surface area (Å²) in [4.78, 5) is 0. The highest BCUT2D eigenvalue weighted by Crippen LogP contribution is 2.29. The fraction of sp³-hybridized carbons (Fsp3) is 0.308. The molecule has 0 aromatic rings. The molecule has 0 spiro atoms. The fourth-order valence-corrected chi connectivity index (χ4v) is 1.75. The molecule has 0 amide bonds. The molecule has 0 bridgehead atoms. The maximum Gasteiger partial charge on any atom is 0.0871 e. The number of hydrogen-bond acceptors (Lipinski definition) is 1. The molecule has 0 aliphatic heterocycles. The van der Waals surface area contributed by atoms with Crippen LogP contribution in [-0.2, 0) is 0 Å². The van der Waals surface area contributed by atoms with Crippen LogP contribution in [0.25, 0.3) is 0 Å². The van der Waals surface area contributed by atoms with Crippen LogP contribution in [0.3, 0.4) is 0 Å². The van der Waals surface area contributed by atoms with Gasteiger partial charge in [-0.1, -0.05) is 23.8 Å². The van der Waals surface area contributed by atoms with Gasteiger partial charge in [-0.3, -0.25) is 0 Å². The van der Waals surface area contributed by atoms with Crippen LogP contribution in [0.5, 0.6) is 0 Å². The molecule has 1 heteroatoms. The first kappa shape index (κ1) is 11.0. The molecular weight excluding hydrogens is 172 g/mol. The minimum atomic E-state index is -0.953. The Morgan fingerprint density at radius 2 is 2.00 bits per heavy atom. The van der Waals surface area contributed by atoms with Crippen molar-refractivity contribution in [3.8, 4) is 0 Å². The van der Waals surface area contributed by atoms with Crippen LogP contribution in [-0.4, -0.2) is 10.7 Å². The molecule has 1 atom stereocenters. The summed E-state index contributed by atoms with van der Waals surface area (Å²) in [5, 5.41) is 9.87. The predicted octanol–water partition coefficient (Wildman–Crippen LogP) is 2.96. The minimum Gasteiger partial charge on any atom is -0.385 e. The molecule has 0 saturated carbocycles. The Morgan fingerprint density at radius 1 is 1.36 bits per heavy atom. The number of rotatable bonds is 4. The van der Waals surface area contributed by atoms with Crippen molar-refractivity contribution in [2.75, 3.05) is 0 Å². The lowest BCUT2D eigenvalue weighted by Gasteiger charge is -2.26. The number of allylic oxidation sites excluding steroid dienone is 4. The number of aliphatic hydroxyl groups is 1. The Bertz CT molecular complexity index is 292. The summed E-state index contributed by atoms with van der Waals surface area (Å²) < 4.78 is 0. The lowest BCUT2D eigenvalue weighted by Crippen LogP contribution is -2.25. The van der Waals surface area contributed by atoms with Gasteiger partial charge in [0, 0.05) is 6.42 Å². The van der Waals surface area contributed by atoms with Crippen molar-refractivity contribution in [3.05, 3.63) is 55.5 Å². The van der Waals surface area contributed by atoms with Gasteiger partial charge >= 0.3 is 0 Å². The highest BCUT2D eigenvalue weighted by atomic mass is 16.3. The van der Waals surface area contributed by atoms with Crippen molar-refractivity contribution in [2.24, 2.45) is 0 Å². The average molecular weight is 189 g/mol. The third-order valence-corrected chi connectivity index (χ3v) is 2.16. The second-order valence-electron chi connectivity index (χ2n) is 3.79. The summed E-state index contributed by atoms with van der Waals surface area (Å²) in [5.74, 6) is 0. The molecule has 14 heavy (non-hydrogen) atoms. The van der Waals surface area contributed by atoms with Gasteiger partial charge < -0.3 is 5.11 Å². The topological polar surface area (TPSA) is 20.2 Å². The maximum atomic E-state index is 9.87. The first-order valence-corrected chi connectivity index (χ1v) is 4.78. The molecule has 1 aliphatic carbocycles. The summed E-state index contributed by atoms with van der Waals surface area (Å²) in [7, 11) is 0. The standard InChI is InChI=1S/C13H17O/c1-4-6-11-8-12(7-5-2)10-13(3,14)9-11/h4-5,8-9,14H,1-3,6-7,10H2. The SMILES string of the molecule is [CH2]C1(O)C=C(CC=C)C=C(CC=C)C1. The average Bonchev–Trinajstić information content (AvgIpc) is 2.01. The molecule has 1 N–H and O–H groups in total. The monoisotopic (exact) mass is 189 g/mol. The van der Waals surface area contributed by atoms with Crippen molar-refractivity contribution >= 4 is 0 Å². The molecule has 0 heterocycles. The molecular formula is C13H17O. The zero-order chi connectivity index (χ0) is 10.6. The van der Waals surface area contributed by atoms with Crippen LogP contribution in [0.2, 0.25) is 0 Å². The Hall–Kier alpha value is -1.08. The third kappa shape index (κ3) is 3.00. The minimum absolute atomic E-state index is 0.597. The zero-order valence-corrected chi connectivity index (χ0v) is 8.50. The van der Waals surface area contributed by atoms with Crippen LogP contribution in [0.15, 0.2) is 48.6 Å². The molecule has 1 aliphatic rings. The fourth-order valence-electron chi connectivity index (χ4n) is 1.75. The highest BCUT2D eigenvalue weighted by Gasteiger charge is 2.22. The normalized spacial score (nSPS) is 26.4. The first-order valence-electron chi connectivity index (χ1n) is 4.78. The molecule has 0 saturated heterocycles.